The predicted molar refractivity (Wildman–Crippen MR) is 22.1 cm³/mol. The van der Waals surface area contributed by atoms with E-state index < -0.39 is 11.1 Å². The van der Waals surface area contributed by atoms with Gasteiger partial charge in [0, 0.05) is 6.92 Å². The van der Waals surface area contributed by atoms with E-state index in [0.717, 1.165) is 6.92 Å². The summed E-state index contributed by atoms with van der Waals surface area (Å²) < 4.78 is 0. The van der Waals surface area contributed by atoms with Crippen LogP contribution < -0.4 is 0 Å². The van der Waals surface area contributed by atoms with Crippen LogP contribution in [0.15, 0.2) is 0 Å². The summed E-state index contributed by atoms with van der Waals surface area (Å²) >= 11 is 0. The highest BCUT2D eigenvalue weighted by Crippen LogP contribution is 1.42. The SMILES string of the molecule is CC(=O)O.O=[N+]([O-])O. The van der Waals surface area contributed by atoms with Crippen molar-refractivity contribution in [2.75, 3.05) is 0 Å². The molecule has 0 fully saturated rings. The number of carboxylic acid groups (broad SMARTS) is 1. The van der Waals surface area contributed by atoms with Crippen molar-refractivity contribution in [1.82, 2.24) is 0 Å². The summed E-state index contributed by atoms with van der Waals surface area (Å²) in [5.41, 5.74) is 0. The van der Waals surface area contributed by atoms with Crippen LogP contribution in [0.3, 0.4) is 0 Å². The van der Waals surface area contributed by atoms with Gasteiger partial charge in [-0.25, -0.2) is 0 Å². The van der Waals surface area contributed by atoms with E-state index in [1.54, 1.807) is 0 Å². The Morgan fingerprint density at radius 3 is 1.75 bits per heavy atom. The third kappa shape index (κ3) is 35.6. The third-order valence-electron chi connectivity index (χ3n) is 0. The summed E-state index contributed by atoms with van der Waals surface area (Å²) in [6, 6.07) is 0. The zero-order chi connectivity index (χ0) is 7.15. The van der Waals surface area contributed by atoms with Gasteiger partial charge in [0.15, 0.2) is 0 Å². The lowest BCUT2D eigenvalue weighted by atomic mass is 10.9. The Morgan fingerprint density at radius 1 is 1.75 bits per heavy atom. The molecular formula is C2H5NO5. The molecule has 0 aliphatic carbocycles. The molecule has 0 spiro atoms. The third-order valence-corrected chi connectivity index (χ3v) is 0. The maximum absolute atomic E-state index is 9.00. The molecule has 0 aliphatic heterocycles. The van der Waals surface area contributed by atoms with Crippen LogP contribution in [0.4, 0.5) is 0 Å². The zero-order valence-electron chi connectivity index (χ0n) is 4.07. The number of hydrogen-bond donors (Lipinski definition) is 2. The molecule has 0 heterocycles. The maximum atomic E-state index is 9.00. The van der Waals surface area contributed by atoms with Crippen molar-refractivity contribution >= 4 is 5.97 Å². The minimum absolute atomic E-state index is 0.833. The van der Waals surface area contributed by atoms with Crippen molar-refractivity contribution in [3.63, 3.8) is 0 Å². The lowest BCUT2D eigenvalue weighted by Crippen LogP contribution is -1.81. The molecule has 2 N–H and O–H groups in total. The molecule has 6 heteroatoms. The summed E-state index contributed by atoms with van der Waals surface area (Å²) in [6.07, 6.45) is 0. The molecule has 0 radical (unpaired) electrons. The smallest absolute Gasteiger partial charge is 0.300 e. The highest BCUT2D eigenvalue weighted by Gasteiger charge is 1.65. The van der Waals surface area contributed by atoms with Gasteiger partial charge in [0.25, 0.3) is 11.1 Å². The van der Waals surface area contributed by atoms with Gasteiger partial charge >= 0.3 is 0 Å². The van der Waals surface area contributed by atoms with Crippen LogP contribution >= 0.6 is 0 Å². The molecule has 0 aromatic carbocycles. The Labute approximate surface area is 44.5 Å². The minimum Gasteiger partial charge on any atom is -0.481 e. The molecule has 0 saturated heterocycles. The van der Waals surface area contributed by atoms with Gasteiger partial charge in [-0.05, 0) is 0 Å². The van der Waals surface area contributed by atoms with Crippen molar-refractivity contribution < 1.29 is 20.2 Å². The average molecular weight is 123 g/mol. The zero-order valence-corrected chi connectivity index (χ0v) is 4.07. The molecule has 0 bridgehead atoms. The van der Waals surface area contributed by atoms with E-state index >= 15 is 0 Å². The van der Waals surface area contributed by atoms with E-state index in [1.807, 2.05) is 0 Å². The molecule has 0 aliphatic rings. The first kappa shape index (κ1) is 9.83. The molecule has 0 atom stereocenters. The second kappa shape index (κ2) is 5.67. The molecule has 0 aromatic heterocycles. The lowest BCUT2D eigenvalue weighted by molar-refractivity contribution is -0.742. The summed E-state index contributed by atoms with van der Waals surface area (Å²) in [6.45, 7) is 1.08. The monoisotopic (exact) mass is 123 g/mol. The first-order valence-electron chi connectivity index (χ1n) is 1.49. The van der Waals surface area contributed by atoms with Gasteiger partial charge in [0.2, 0.25) is 0 Å². The predicted octanol–water partition coefficient (Wildman–Crippen LogP) is -0.257. The fourth-order valence-corrected chi connectivity index (χ4v) is 0. The Morgan fingerprint density at radius 2 is 1.75 bits per heavy atom. The fourth-order valence-electron chi connectivity index (χ4n) is 0. The quantitative estimate of drug-likeness (QED) is 0.341. The highest BCUT2D eigenvalue weighted by molar-refractivity contribution is 5.62. The van der Waals surface area contributed by atoms with Crippen molar-refractivity contribution in [3.05, 3.63) is 10.1 Å². The van der Waals surface area contributed by atoms with E-state index in [9.17, 15) is 0 Å². The molecule has 0 rings (SSSR count). The van der Waals surface area contributed by atoms with Gasteiger partial charge < -0.3 is 10.3 Å². The maximum Gasteiger partial charge on any atom is 0.300 e. The van der Waals surface area contributed by atoms with E-state index in [4.69, 9.17) is 25.2 Å². The highest BCUT2D eigenvalue weighted by atomic mass is 16.9. The van der Waals surface area contributed by atoms with Crippen LogP contribution in [-0.2, 0) is 4.79 Å². The number of carbonyl (C=O) groups is 1. The first-order valence-corrected chi connectivity index (χ1v) is 1.49. The second-order valence-electron chi connectivity index (χ2n) is 0.757. The van der Waals surface area contributed by atoms with E-state index in [2.05, 4.69) is 0 Å². The van der Waals surface area contributed by atoms with Gasteiger partial charge in [0.05, 0.1) is 0 Å². The van der Waals surface area contributed by atoms with Gasteiger partial charge in [-0.15, -0.1) is 10.1 Å². The van der Waals surface area contributed by atoms with Gasteiger partial charge in [0.1, 0.15) is 0 Å². The van der Waals surface area contributed by atoms with Crippen LogP contribution in [0.1, 0.15) is 6.92 Å². The Balaban J connectivity index is 0. The molecule has 6 nitrogen and oxygen atoms in total. The molecule has 0 unspecified atom stereocenters. The van der Waals surface area contributed by atoms with Gasteiger partial charge in [-0.2, -0.15) is 0 Å². The molecular weight excluding hydrogens is 118 g/mol. The van der Waals surface area contributed by atoms with Crippen molar-refractivity contribution in [2.24, 2.45) is 0 Å². The van der Waals surface area contributed by atoms with Crippen molar-refractivity contribution in [3.8, 4) is 0 Å². The Kier molecular flexibility index (Phi) is 6.97. The Hall–Kier alpha value is -1.33. The number of rotatable bonds is 0. The summed E-state index contributed by atoms with van der Waals surface area (Å²) in [5, 5.41) is 21.1. The fraction of sp³-hybridized carbons (Fsp3) is 0.500. The van der Waals surface area contributed by atoms with E-state index in [1.165, 1.54) is 0 Å². The van der Waals surface area contributed by atoms with Crippen LogP contribution in [-0.4, -0.2) is 21.4 Å². The largest absolute Gasteiger partial charge is 0.481 e. The Bertz CT molecular complexity index is 68.4. The molecule has 48 valence electrons. The topological polar surface area (TPSA) is 101 Å². The van der Waals surface area contributed by atoms with Crippen LogP contribution in [0.2, 0.25) is 0 Å². The molecule has 0 aromatic rings. The van der Waals surface area contributed by atoms with E-state index in [-0.39, 0.29) is 0 Å². The lowest BCUT2D eigenvalue weighted by Gasteiger charge is -1.59. The van der Waals surface area contributed by atoms with Crippen molar-refractivity contribution in [1.29, 1.82) is 0 Å². The van der Waals surface area contributed by atoms with E-state index in [0.29, 0.717) is 0 Å². The molecule has 8 heavy (non-hydrogen) atoms. The second-order valence-corrected chi connectivity index (χ2v) is 0.757. The van der Waals surface area contributed by atoms with Crippen LogP contribution in [0.25, 0.3) is 0 Å². The number of hydrogen-bond acceptors (Lipinski definition) is 3. The summed E-state index contributed by atoms with van der Waals surface area (Å²) in [7, 11) is 0. The number of aliphatic carboxylic acids is 1. The van der Waals surface area contributed by atoms with Gasteiger partial charge in [-0.3, -0.25) is 4.79 Å². The summed E-state index contributed by atoms with van der Waals surface area (Å²) in [5.74, 6) is -0.833. The standard InChI is InChI=1S/C2H4O2.HNO3/c1-2(3)4;2-1(3)4/h1H3,(H,3,4);(H,2,3,4). The van der Waals surface area contributed by atoms with Crippen molar-refractivity contribution in [2.45, 2.75) is 6.92 Å². The average Bonchev–Trinajstić information content (AvgIpc) is 1.25. The number of carboxylic acids is 1. The minimum atomic E-state index is -1.50. The van der Waals surface area contributed by atoms with Gasteiger partial charge in [-0.1, -0.05) is 0 Å². The first-order chi connectivity index (χ1) is 3.46. The number of nitrogens with zero attached hydrogens (tertiary/aromatic N) is 1. The molecule has 0 saturated carbocycles. The summed E-state index contributed by atoms with van der Waals surface area (Å²) in [4.78, 5) is 17.4. The van der Waals surface area contributed by atoms with Crippen LogP contribution in [0, 0.1) is 10.1 Å². The molecule has 0 amide bonds. The van der Waals surface area contributed by atoms with Crippen LogP contribution in [0.5, 0.6) is 0 Å². The normalized spacial score (nSPS) is 6.12.